The van der Waals surface area contributed by atoms with Gasteiger partial charge in [-0.15, -0.1) is 0 Å². The highest BCUT2D eigenvalue weighted by molar-refractivity contribution is 9.10. The number of anilines is 1. The van der Waals surface area contributed by atoms with Crippen LogP contribution in [0, 0.1) is 6.92 Å². The summed E-state index contributed by atoms with van der Waals surface area (Å²) in [5, 5.41) is 3.15. The fourth-order valence-electron chi connectivity index (χ4n) is 2.82. The topological polar surface area (TPSA) is 49.4 Å². The van der Waals surface area contributed by atoms with Crippen LogP contribution in [0.4, 0.5) is 5.69 Å². The molecule has 0 saturated heterocycles. The van der Waals surface area contributed by atoms with E-state index in [1.54, 1.807) is 0 Å². The third-order valence-electron chi connectivity index (χ3n) is 4.05. The van der Waals surface area contributed by atoms with Crippen LogP contribution >= 0.6 is 15.9 Å². The van der Waals surface area contributed by atoms with Crippen LogP contribution in [0.15, 0.2) is 58.7 Å². The smallest absolute Gasteiger partial charge is 0.278 e. The van der Waals surface area contributed by atoms with Crippen molar-refractivity contribution in [3.8, 4) is 0 Å². The number of amides is 2. The Morgan fingerprint density at radius 2 is 1.76 bits per heavy atom. The van der Waals surface area contributed by atoms with Gasteiger partial charge in [-0.25, -0.2) is 0 Å². The van der Waals surface area contributed by atoms with Gasteiger partial charge in [0, 0.05) is 16.7 Å². The maximum atomic E-state index is 12.9. The Morgan fingerprint density at radius 3 is 2.40 bits per heavy atom. The first-order valence-corrected chi connectivity index (χ1v) is 9.00. The number of benzene rings is 2. The van der Waals surface area contributed by atoms with Crippen LogP contribution in [0.2, 0.25) is 0 Å². The van der Waals surface area contributed by atoms with Gasteiger partial charge in [-0.1, -0.05) is 58.7 Å². The molecule has 3 rings (SSSR count). The molecule has 2 aromatic carbocycles. The predicted octanol–water partition coefficient (Wildman–Crippen LogP) is 4.36. The van der Waals surface area contributed by atoms with Crippen LogP contribution in [0.3, 0.4) is 0 Å². The van der Waals surface area contributed by atoms with Gasteiger partial charge in [0.2, 0.25) is 0 Å². The second kappa shape index (κ2) is 7.23. The summed E-state index contributed by atoms with van der Waals surface area (Å²) in [4.78, 5) is 27.0. The van der Waals surface area contributed by atoms with E-state index in [4.69, 9.17) is 0 Å². The van der Waals surface area contributed by atoms with Crippen molar-refractivity contribution in [1.82, 2.24) is 4.90 Å². The molecule has 0 spiro atoms. The van der Waals surface area contributed by atoms with Gasteiger partial charge in [-0.2, -0.15) is 0 Å². The van der Waals surface area contributed by atoms with Gasteiger partial charge >= 0.3 is 0 Å². The summed E-state index contributed by atoms with van der Waals surface area (Å²) in [6.45, 7) is 4.35. The number of hydrogen-bond acceptors (Lipinski definition) is 3. The Balaban J connectivity index is 2.07. The molecule has 2 amide bonds. The second-order valence-electron chi connectivity index (χ2n) is 6.01. The molecule has 0 radical (unpaired) electrons. The molecule has 0 fully saturated rings. The lowest BCUT2D eigenvalue weighted by Crippen LogP contribution is -2.33. The first-order chi connectivity index (χ1) is 12.0. The van der Waals surface area contributed by atoms with Crippen molar-refractivity contribution in [3.63, 3.8) is 0 Å². The van der Waals surface area contributed by atoms with Crippen LogP contribution in [0.1, 0.15) is 24.5 Å². The zero-order valence-electron chi connectivity index (χ0n) is 14.2. The number of carbonyl (C=O) groups is 2. The average Bonchev–Trinajstić information content (AvgIpc) is 2.81. The standard InChI is InChI=1S/C20H19BrN2O2/c1-3-11-23-19(24)17(14-9-7-13(2)8-10-14)18(20(23)25)22-16-6-4-5-15(21)12-16/h4-10,12,22H,3,11H2,1-2H3. The Kier molecular flexibility index (Phi) is 5.04. The third kappa shape index (κ3) is 3.51. The fourth-order valence-corrected chi connectivity index (χ4v) is 3.22. The van der Waals surface area contributed by atoms with Gasteiger partial charge in [-0.05, 0) is 37.1 Å². The molecular weight excluding hydrogens is 380 g/mol. The minimum absolute atomic E-state index is 0.242. The van der Waals surface area contributed by atoms with E-state index in [0.717, 1.165) is 27.7 Å². The van der Waals surface area contributed by atoms with Crippen LogP contribution in [-0.2, 0) is 9.59 Å². The summed E-state index contributed by atoms with van der Waals surface area (Å²) in [5.41, 5.74) is 3.38. The van der Waals surface area contributed by atoms with Gasteiger partial charge in [0.1, 0.15) is 5.70 Å². The number of halogens is 1. The molecule has 1 N–H and O–H groups in total. The van der Waals surface area contributed by atoms with Crippen LogP contribution in [0.5, 0.6) is 0 Å². The van der Waals surface area contributed by atoms with E-state index in [0.29, 0.717) is 17.8 Å². The molecule has 0 aromatic heterocycles. The zero-order chi connectivity index (χ0) is 18.0. The summed E-state index contributed by atoms with van der Waals surface area (Å²) in [6.07, 6.45) is 0.725. The number of nitrogens with one attached hydrogen (secondary N) is 1. The zero-order valence-corrected chi connectivity index (χ0v) is 15.8. The van der Waals surface area contributed by atoms with E-state index in [1.165, 1.54) is 4.90 Å². The van der Waals surface area contributed by atoms with Gasteiger partial charge in [0.15, 0.2) is 0 Å². The first kappa shape index (κ1) is 17.4. The molecule has 1 aliphatic heterocycles. The molecule has 2 aromatic rings. The maximum Gasteiger partial charge on any atom is 0.278 e. The summed E-state index contributed by atoms with van der Waals surface area (Å²) in [6, 6.07) is 15.2. The van der Waals surface area contributed by atoms with Crippen molar-refractivity contribution in [2.75, 3.05) is 11.9 Å². The Morgan fingerprint density at radius 1 is 1.04 bits per heavy atom. The molecule has 0 unspecified atom stereocenters. The predicted molar refractivity (Wildman–Crippen MR) is 103 cm³/mol. The summed E-state index contributed by atoms with van der Waals surface area (Å²) in [7, 11) is 0. The van der Waals surface area contributed by atoms with E-state index in [9.17, 15) is 9.59 Å². The highest BCUT2D eigenvalue weighted by atomic mass is 79.9. The number of imide groups is 1. The number of hydrogen-bond donors (Lipinski definition) is 1. The molecule has 0 bridgehead atoms. The minimum atomic E-state index is -0.276. The van der Waals surface area contributed by atoms with Crippen LogP contribution < -0.4 is 5.32 Å². The van der Waals surface area contributed by atoms with Crippen molar-refractivity contribution in [2.45, 2.75) is 20.3 Å². The van der Waals surface area contributed by atoms with E-state index in [2.05, 4.69) is 21.2 Å². The van der Waals surface area contributed by atoms with Crippen molar-refractivity contribution >= 4 is 39.0 Å². The number of nitrogens with zero attached hydrogens (tertiary/aromatic N) is 1. The summed E-state index contributed by atoms with van der Waals surface area (Å²) in [5.74, 6) is -0.518. The molecule has 1 aliphatic rings. The lowest BCUT2D eigenvalue weighted by atomic mass is 10.0. The second-order valence-corrected chi connectivity index (χ2v) is 6.93. The minimum Gasteiger partial charge on any atom is -0.350 e. The number of carbonyl (C=O) groups excluding carboxylic acids is 2. The molecule has 5 heteroatoms. The maximum absolute atomic E-state index is 12.9. The summed E-state index contributed by atoms with van der Waals surface area (Å²) >= 11 is 3.42. The van der Waals surface area contributed by atoms with Crippen molar-refractivity contribution in [3.05, 3.63) is 69.8 Å². The molecule has 0 saturated carbocycles. The lowest BCUT2D eigenvalue weighted by molar-refractivity contribution is -0.136. The number of aryl methyl sites for hydroxylation is 1. The lowest BCUT2D eigenvalue weighted by Gasteiger charge is -2.13. The van der Waals surface area contributed by atoms with Crippen LogP contribution in [0.25, 0.3) is 5.57 Å². The van der Waals surface area contributed by atoms with Crippen molar-refractivity contribution in [1.29, 1.82) is 0 Å². The Hall–Kier alpha value is -2.40. The largest absolute Gasteiger partial charge is 0.350 e. The molecule has 1 heterocycles. The first-order valence-electron chi connectivity index (χ1n) is 8.21. The van der Waals surface area contributed by atoms with E-state index >= 15 is 0 Å². The van der Waals surface area contributed by atoms with Gasteiger partial charge < -0.3 is 5.32 Å². The van der Waals surface area contributed by atoms with E-state index in [-0.39, 0.29) is 11.8 Å². The van der Waals surface area contributed by atoms with Gasteiger partial charge in [0.05, 0.1) is 5.57 Å². The monoisotopic (exact) mass is 398 g/mol. The molecule has 4 nitrogen and oxygen atoms in total. The van der Waals surface area contributed by atoms with Crippen molar-refractivity contribution in [2.24, 2.45) is 0 Å². The molecule has 0 aliphatic carbocycles. The third-order valence-corrected chi connectivity index (χ3v) is 4.54. The Bertz CT molecular complexity index is 856. The molecule has 128 valence electrons. The molecule has 0 atom stereocenters. The SMILES string of the molecule is CCCN1C(=O)C(Nc2cccc(Br)c2)=C(c2ccc(C)cc2)C1=O. The van der Waals surface area contributed by atoms with Gasteiger partial charge in [-0.3, -0.25) is 14.5 Å². The summed E-state index contributed by atoms with van der Waals surface area (Å²) < 4.78 is 0.900. The highest BCUT2D eigenvalue weighted by Crippen LogP contribution is 2.31. The normalized spacial score (nSPS) is 14.4. The van der Waals surface area contributed by atoms with Crippen molar-refractivity contribution < 1.29 is 9.59 Å². The van der Waals surface area contributed by atoms with Gasteiger partial charge in [0.25, 0.3) is 11.8 Å². The van der Waals surface area contributed by atoms with E-state index in [1.807, 2.05) is 62.4 Å². The molecular formula is C20H19BrN2O2. The number of rotatable bonds is 5. The van der Waals surface area contributed by atoms with E-state index < -0.39 is 0 Å². The highest BCUT2D eigenvalue weighted by Gasteiger charge is 2.38. The fraction of sp³-hybridized carbons (Fsp3) is 0.200. The Labute approximate surface area is 155 Å². The van der Waals surface area contributed by atoms with Crippen LogP contribution in [-0.4, -0.2) is 23.3 Å². The molecule has 25 heavy (non-hydrogen) atoms. The average molecular weight is 399 g/mol. The quantitative estimate of drug-likeness (QED) is 0.761.